The van der Waals surface area contributed by atoms with Crippen LogP contribution in [0.2, 0.25) is 0 Å². The van der Waals surface area contributed by atoms with Crippen molar-refractivity contribution < 1.29 is 0 Å². The number of nitrogens with one attached hydrogen (secondary N) is 1. The van der Waals surface area contributed by atoms with Crippen LogP contribution in [0.25, 0.3) is 0 Å². The van der Waals surface area contributed by atoms with Crippen molar-refractivity contribution in [2.75, 3.05) is 26.7 Å². The van der Waals surface area contributed by atoms with E-state index >= 15 is 0 Å². The highest BCUT2D eigenvalue weighted by molar-refractivity contribution is 14.0. The van der Waals surface area contributed by atoms with Crippen LogP contribution in [0.4, 0.5) is 0 Å². The second-order valence-electron chi connectivity index (χ2n) is 6.99. The molecule has 23 heavy (non-hydrogen) atoms. The van der Waals surface area contributed by atoms with E-state index in [0.717, 1.165) is 25.6 Å². The fourth-order valence-electron chi connectivity index (χ4n) is 4.03. The number of aryl methyl sites for hydroxylation is 1. The van der Waals surface area contributed by atoms with Crippen molar-refractivity contribution in [3.8, 4) is 0 Å². The van der Waals surface area contributed by atoms with E-state index in [4.69, 9.17) is 0 Å². The highest BCUT2D eigenvalue weighted by Gasteiger charge is 2.39. The Morgan fingerprint density at radius 2 is 2.09 bits per heavy atom. The number of likely N-dealkylation sites (tertiary alicyclic amines) is 1. The Morgan fingerprint density at radius 3 is 2.74 bits per heavy atom. The molecule has 0 amide bonds. The fraction of sp³-hybridized carbons (Fsp3) is 0.765. The first-order valence-corrected chi connectivity index (χ1v) is 8.65. The largest absolute Gasteiger partial charge is 0.354 e. The Morgan fingerprint density at radius 1 is 1.30 bits per heavy atom. The standard InChI is InChI=1S/C17H29N5.HI/c1-15-12-20-22(13-15)11-9-19-16(18-2)21-10-8-17(14-21)6-4-3-5-7-17;/h12-13H,3-11,14H2,1-2H3,(H,18,19);1H. The lowest BCUT2D eigenvalue weighted by molar-refractivity contribution is 0.203. The second-order valence-corrected chi connectivity index (χ2v) is 6.99. The minimum Gasteiger partial charge on any atom is -0.354 e. The summed E-state index contributed by atoms with van der Waals surface area (Å²) in [5.41, 5.74) is 1.79. The lowest BCUT2D eigenvalue weighted by Crippen LogP contribution is -2.42. The number of guanidine groups is 1. The fourth-order valence-corrected chi connectivity index (χ4v) is 4.03. The third-order valence-corrected chi connectivity index (χ3v) is 5.25. The molecular weight excluding hydrogens is 401 g/mol. The Kier molecular flexibility index (Phi) is 6.73. The van der Waals surface area contributed by atoms with Crippen molar-refractivity contribution in [2.45, 2.75) is 52.0 Å². The average Bonchev–Trinajstić information content (AvgIpc) is 3.12. The Hall–Kier alpha value is -0.790. The molecule has 0 aromatic carbocycles. The minimum atomic E-state index is 0. The van der Waals surface area contributed by atoms with Crippen LogP contribution in [0, 0.1) is 12.3 Å². The molecule has 1 saturated carbocycles. The zero-order valence-corrected chi connectivity index (χ0v) is 16.8. The molecule has 1 aromatic rings. The third-order valence-electron chi connectivity index (χ3n) is 5.25. The van der Waals surface area contributed by atoms with Crippen molar-refractivity contribution >= 4 is 29.9 Å². The molecule has 5 nitrogen and oxygen atoms in total. The molecule has 130 valence electrons. The summed E-state index contributed by atoms with van der Waals surface area (Å²) in [6.45, 7) is 6.17. The molecule has 0 bridgehead atoms. The topological polar surface area (TPSA) is 45.5 Å². The predicted octanol–water partition coefficient (Wildman–Crippen LogP) is 3.04. The van der Waals surface area contributed by atoms with Gasteiger partial charge in [-0.25, -0.2) is 0 Å². The van der Waals surface area contributed by atoms with Crippen LogP contribution in [0.1, 0.15) is 44.1 Å². The number of aromatic nitrogens is 2. The van der Waals surface area contributed by atoms with Crippen LogP contribution in [0.15, 0.2) is 17.4 Å². The van der Waals surface area contributed by atoms with Crippen LogP contribution < -0.4 is 5.32 Å². The predicted molar refractivity (Wildman–Crippen MR) is 105 cm³/mol. The number of aliphatic imine (C=N–C) groups is 1. The van der Waals surface area contributed by atoms with Gasteiger partial charge in [0.05, 0.1) is 12.7 Å². The van der Waals surface area contributed by atoms with Gasteiger partial charge in [-0.05, 0) is 37.2 Å². The minimum absolute atomic E-state index is 0. The number of hydrogen-bond donors (Lipinski definition) is 1. The van der Waals surface area contributed by atoms with E-state index in [1.165, 1.54) is 50.6 Å². The van der Waals surface area contributed by atoms with E-state index in [9.17, 15) is 0 Å². The molecule has 1 aromatic heterocycles. The molecule has 0 atom stereocenters. The molecule has 2 aliphatic rings. The van der Waals surface area contributed by atoms with E-state index in [1.54, 1.807) is 0 Å². The summed E-state index contributed by atoms with van der Waals surface area (Å²) >= 11 is 0. The van der Waals surface area contributed by atoms with E-state index in [0.29, 0.717) is 5.41 Å². The zero-order valence-electron chi connectivity index (χ0n) is 14.4. The molecular formula is C17H30IN5. The van der Waals surface area contributed by atoms with E-state index < -0.39 is 0 Å². The number of hydrogen-bond acceptors (Lipinski definition) is 2. The van der Waals surface area contributed by atoms with Crippen molar-refractivity contribution in [2.24, 2.45) is 10.4 Å². The molecule has 1 saturated heterocycles. The Bertz CT molecular complexity index is 519. The lowest BCUT2D eigenvalue weighted by atomic mass is 9.73. The molecule has 1 spiro atoms. The number of rotatable bonds is 3. The smallest absolute Gasteiger partial charge is 0.193 e. The van der Waals surface area contributed by atoms with Crippen LogP contribution in [-0.4, -0.2) is 47.3 Å². The van der Waals surface area contributed by atoms with E-state index in [1.807, 2.05) is 17.9 Å². The van der Waals surface area contributed by atoms with Gasteiger partial charge in [-0.15, -0.1) is 24.0 Å². The highest BCUT2D eigenvalue weighted by Crippen LogP contribution is 2.43. The van der Waals surface area contributed by atoms with Gasteiger partial charge < -0.3 is 10.2 Å². The highest BCUT2D eigenvalue weighted by atomic mass is 127. The quantitative estimate of drug-likeness (QED) is 0.455. The van der Waals surface area contributed by atoms with Gasteiger partial charge >= 0.3 is 0 Å². The van der Waals surface area contributed by atoms with Gasteiger partial charge in [0.1, 0.15) is 0 Å². The van der Waals surface area contributed by atoms with Gasteiger partial charge in [0, 0.05) is 32.9 Å². The van der Waals surface area contributed by atoms with Gasteiger partial charge in [0.25, 0.3) is 0 Å². The van der Waals surface area contributed by atoms with E-state index in [2.05, 4.69) is 33.4 Å². The van der Waals surface area contributed by atoms with Crippen LogP contribution in [-0.2, 0) is 6.54 Å². The molecule has 2 fully saturated rings. The summed E-state index contributed by atoms with van der Waals surface area (Å²) < 4.78 is 1.99. The second kappa shape index (κ2) is 8.35. The van der Waals surface area contributed by atoms with Crippen LogP contribution in [0.3, 0.4) is 0 Å². The summed E-state index contributed by atoms with van der Waals surface area (Å²) in [6, 6.07) is 0. The molecule has 1 aliphatic carbocycles. The first-order valence-electron chi connectivity index (χ1n) is 8.65. The number of nitrogens with zero attached hydrogens (tertiary/aromatic N) is 4. The Balaban J connectivity index is 0.00000192. The summed E-state index contributed by atoms with van der Waals surface area (Å²) in [7, 11) is 1.90. The monoisotopic (exact) mass is 431 g/mol. The Labute approximate surface area is 156 Å². The summed E-state index contributed by atoms with van der Waals surface area (Å²) in [6.07, 6.45) is 12.4. The maximum atomic E-state index is 4.49. The first kappa shape index (κ1) is 18.5. The zero-order chi connectivity index (χ0) is 15.4. The molecule has 2 heterocycles. The first-order chi connectivity index (χ1) is 10.7. The maximum Gasteiger partial charge on any atom is 0.193 e. The molecule has 0 unspecified atom stereocenters. The molecule has 0 radical (unpaired) electrons. The maximum absolute atomic E-state index is 4.49. The van der Waals surface area contributed by atoms with Crippen molar-refractivity contribution in [1.29, 1.82) is 0 Å². The average molecular weight is 431 g/mol. The summed E-state index contributed by atoms with van der Waals surface area (Å²) in [5.74, 6) is 1.06. The third kappa shape index (κ3) is 4.61. The van der Waals surface area contributed by atoms with Crippen LogP contribution in [0.5, 0.6) is 0 Å². The van der Waals surface area contributed by atoms with Crippen molar-refractivity contribution in [3.05, 3.63) is 18.0 Å². The summed E-state index contributed by atoms with van der Waals surface area (Å²) in [5, 5.41) is 7.83. The molecule has 1 N–H and O–H groups in total. The molecule has 1 aliphatic heterocycles. The van der Waals surface area contributed by atoms with Crippen molar-refractivity contribution in [3.63, 3.8) is 0 Å². The lowest BCUT2D eigenvalue weighted by Gasteiger charge is -2.33. The molecule has 3 rings (SSSR count). The SMILES string of the molecule is CN=C(NCCn1cc(C)cn1)N1CCC2(CCCCC2)C1.I. The van der Waals surface area contributed by atoms with Gasteiger partial charge in [-0.3, -0.25) is 9.67 Å². The number of halogens is 1. The molecule has 6 heteroatoms. The summed E-state index contributed by atoms with van der Waals surface area (Å²) in [4.78, 5) is 6.94. The normalized spacial score (nSPS) is 20.6. The van der Waals surface area contributed by atoms with Gasteiger partial charge in [-0.1, -0.05) is 19.3 Å². The van der Waals surface area contributed by atoms with Gasteiger partial charge in [-0.2, -0.15) is 5.10 Å². The van der Waals surface area contributed by atoms with Gasteiger partial charge in [0.15, 0.2) is 5.96 Å². The van der Waals surface area contributed by atoms with Gasteiger partial charge in [0.2, 0.25) is 0 Å². The van der Waals surface area contributed by atoms with Crippen molar-refractivity contribution in [1.82, 2.24) is 20.0 Å². The van der Waals surface area contributed by atoms with Crippen LogP contribution >= 0.6 is 24.0 Å². The van der Waals surface area contributed by atoms with E-state index in [-0.39, 0.29) is 24.0 Å².